The van der Waals surface area contributed by atoms with Gasteiger partial charge in [0.15, 0.2) is 5.96 Å². The lowest BCUT2D eigenvalue weighted by molar-refractivity contribution is 0.143. The molecule has 0 saturated carbocycles. The monoisotopic (exact) mass is 435 g/mol. The maximum absolute atomic E-state index is 5.32. The maximum Gasteiger partial charge on any atom is 0.190 e. The standard InChI is InChI=1S/C17H29N3O2.HI/c1-4-22-13-6-5-11-19-17(18-2)20-12-10-15-8-7-9-16(14-15)21-3;/h7-9,14H,4-6,10-13H2,1-3H3,(H2,18,19,20);1H. The minimum atomic E-state index is 0. The minimum absolute atomic E-state index is 0. The molecule has 0 atom stereocenters. The molecule has 0 spiro atoms. The van der Waals surface area contributed by atoms with Gasteiger partial charge < -0.3 is 20.1 Å². The zero-order valence-electron chi connectivity index (χ0n) is 14.4. The molecular weight excluding hydrogens is 405 g/mol. The maximum atomic E-state index is 5.32. The third-order valence-electron chi connectivity index (χ3n) is 3.28. The highest BCUT2D eigenvalue weighted by molar-refractivity contribution is 14.0. The van der Waals surface area contributed by atoms with E-state index < -0.39 is 0 Å². The first kappa shape index (κ1) is 22.0. The Morgan fingerprint density at radius 1 is 1.17 bits per heavy atom. The van der Waals surface area contributed by atoms with E-state index >= 15 is 0 Å². The van der Waals surface area contributed by atoms with Crippen LogP contribution in [-0.2, 0) is 11.2 Å². The lowest BCUT2D eigenvalue weighted by atomic mass is 10.1. The van der Waals surface area contributed by atoms with Crippen molar-refractivity contribution in [2.24, 2.45) is 4.99 Å². The molecule has 2 N–H and O–H groups in total. The predicted octanol–water partition coefficient (Wildman–Crippen LogP) is 2.84. The van der Waals surface area contributed by atoms with Gasteiger partial charge in [0.25, 0.3) is 0 Å². The second kappa shape index (κ2) is 14.6. The van der Waals surface area contributed by atoms with Crippen molar-refractivity contribution >= 4 is 29.9 Å². The molecule has 0 fully saturated rings. The van der Waals surface area contributed by atoms with Crippen LogP contribution in [0.4, 0.5) is 0 Å². The van der Waals surface area contributed by atoms with E-state index in [-0.39, 0.29) is 24.0 Å². The van der Waals surface area contributed by atoms with E-state index in [0.29, 0.717) is 0 Å². The Morgan fingerprint density at radius 3 is 2.65 bits per heavy atom. The Kier molecular flexibility index (Phi) is 13.9. The Bertz CT molecular complexity index is 442. The molecule has 0 radical (unpaired) electrons. The molecule has 0 bridgehead atoms. The molecule has 132 valence electrons. The normalized spacial score (nSPS) is 10.8. The van der Waals surface area contributed by atoms with Crippen LogP contribution in [0.1, 0.15) is 25.3 Å². The Morgan fingerprint density at radius 2 is 1.96 bits per heavy atom. The Labute approximate surface area is 157 Å². The van der Waals surface area contributed by atoms with Crippen molar-refractivity contribution in [1.29, 1.82) is 0 Å². The molecule has 0 saturated heterocycles. The van der Waals surface area contributed by atoms with Crippen LogP contribution in [0.2, 0.25) is 0 Å². The number of rotatable bonds is 10. The van der Waals surface area contributed by atoms with Crippen LogP contribution in [0.15, 0.2) is 29.3 Å². The number of hydrogen-bond donors (Lipinski definition) is 2. The molecule has 0 heterocycles. The highest BCUT2D eigenvalue weighted by atomic mass is 127. The van der Waals surface area contributed by atoms with Gasteiger partial charge in [-0.25, -0.2) is 0 Å². The van der Waals surface area contributed by atoms with Crippen molar-refractivity contribution in [2.75, 3.05) is 40.5 Å². The molecule has 6 heteroatoms. The van der Waals surface area contributed by atoms with Crippen molar-refractivity contribution in [2.45, 2.75) is 26.2 Å². The molecule has 1 aromatic carbocycles. The predicted molar refractivity (Wildman–Crippen MR) is 107 cm³/mol. The SMILES string of the molecule is CCOCCCCNC(=NC)NCCc1cccc(OC)c1.I. The summed E-state index contributed by atoms with van der Waals surface area (Å²) < 4.78 is 10.5. The highest BCUT2D eigenvalue weighted by Gasteiger charge is 1.99. The molecular formula is C17H30IN3O2. The summed E-state index contributed by atoms with van der Waals surface area (Å²) in [6, 6.07) is 8.14. The van der Waals surface area contributed by atoms with Gasteiger partial charge in [-0.1, -0.05) is 12.1 Å². The Hall–Kier alpha value is -1.02. The van der Waals surface area contributed by atoms with Crippen molar-refractivity contribution < 1.29 is 9.47 Å². The lowest BCUT2D eigenvalue weighted by Gasteiger charge is -2.12. The van der Waals surface area contributed by atoms with Crippen molar-refractivity contribution in [3.8, 4) is 5.75 Å². The largest absolute Gasteiger partial charge is 0.497 e. The number of unbranched alkanes of at least 4 members (excludes halogenated alkanes) is 1. The summed E-state index contributed by atoms with van der Waals surface area (Å²) in [6.07, 6.45) is 3.08. The van der Waals surface area contributed by atoms with Gasteiger partial charge in [-0.2, -0.15) is 0 Å². The minimum Gasteiger partial charge on any atom is -0.497 e. The molecule has 0 aliphatic rings. The summed E-state index contributed by atoms with van der Waals surface area (Å²) in [6.45, 7) is 5.39. The number of methoxy groups -OCH3 is 1. The van der Waals surface area contributed by atoms with Crippen molar-refractivity contribution in [3.63, 3.8) is 0 Å². The average molecular weight is 435 g/mol. The summed E-state index contributed by atoms with van der Waals surface area (Å²) >= 11 is 0. The van der Waals surface area contributed by atoms with Crippen LogP contribution in [0.3, 0.4) is 0 Å². The van der Waals surface area contributed by atoms with Crippen LogP contribution in [0, 0.1) is 0 Å². The summed E-state index contributed by atoms with van der Waals surface area (Å²) in [5, 5.41) is 6.64. The molecule has 0 aliphatic heterocycles. The van der Waals surface area contributed by atoms with Gasteiger partial charge >= 0.3 is 0 Å². The van der Waals surface area contributed by atoms with E-state index in [1.165, 1.54) is 5.56 Å². The fourth-order valence-electron chi connectivity index (χ4n) is 2.05. The summed E-state index contributed by atoms with van der Waals surface area (Å²) in [4.78, 5) is 4.23. The number of nitrogens with one attached hydrogen (secondary N) is 2. The smallest absolute Gasteiger partial charge is 0.190 e. The number of guanidine groups is 1. The van der Waals surface area contributed by atoms with Crippen LogP contribution in [0.5, 0.6) is 5.75 Å². The van der Waals surface area contributed by atoms with E-state index in [4.69, 9.17) is 9.47 Å². The molecule has 5 nitrogen and oxygen atoms in total. The van der Waals surface area contributed by atoms with E-state index in [1.807, 2.05) is 19.1 Å². The third kappa shape index (κ3) is 10.4. The highest BCUT2D eigenvalue weighted by Crippen LogP contribution is 2.12. The number of hydrogen-bond acceptors (Lipinski definition) is 3. The van der Waals surface area contributed by atoms with Gasteiger partial charge in [0.05, 0.1) is 7.11 Å². The molecule has 0 unspecified atom stereocenters. The van der Waals surface area contributed by atoms with Gasteiger partial charge in [0.1, 0.15) is 5.75 Å². The zero-order valence-corrected chi connectivity index (χ0v) is 16.8. The number of benzene rings is 1. The first-order valence-corrected chi connectivity index (χ1v) is 7.95. The van der Waals surface area contributed by atoms with Gasteiger partial charge in [-0.15, -0.1) is 24.0 Å². The van der Waals surface area contributed by atoms with Crippen LogP contribution in [0.25, 0.3) is 0 Å². The van der Waals surface area contributed by atoms with E-state index in [0.717, 1.165) is 57.3 Å². The van der Waals surface area contributed by atoms with E-state index in [1.54, 1.807) is 14.2 Å². The fourth-order valence-corrected chi connectivity index (χ4v) is 2.05. The first-order valence-electron chi connectivity index (χ1n) is 7.95. The number of ether oxygens (including phenoxy) is 2. The average Bonchev–Trinajstić information content (AvgIpc) is 2.56. The topological polar surface area (TPSA) is 54.9 Å². The number of aliphatic imine (C=N–C) groups is 1. The fraction of sp³-hybridized carbons (Fsp3) is 0.588. The van der Waals surface area contributed by atoms with Crippen LogP contribution < -0.4 is 15.4 Å². The quantitative estimate of drug-likeness (QED) is 0.257. The summed E-state index contributed by atoms with van der Waals surface area (Å²) in [7, 11) is 3.48. The summed E-state index contributed by atoms with van der Waals surface area (Å²) in [5.41, 5.74) is 1.25. The van der Waals surface area contributed by atoms with E-state index in [2.05, 4.69) is 27.8 Å². The van der Waals surface area contributed by atoms with Crippen molar-refractivity contribution in [1.82, 2.24) is 10.6 Å². The van der Waals surface area contributed by atoms with Crippen molar-refractivity contribution in [3.05, 3.63) is 29.8 Å². The molecule has 0 aliphatic carbocycles. The molecule has 0 amide bonds. The second-order valence-electron chi connectivity index (χ2n) is 4.93. The lowest BCUT2D eigenvalue weighted by Crippen LogP contribution is -2.38. The van der Waals surface area contributed by atoms with Crippen LogP contribution in [-0.4, -0.2) is 46.4 Å². The summed E-state index contributed by atoms with van der Waals surface area (Å²) in [5.74, 6) is 1.74. The molecule has 1 rings (SSSR count). The third-order valence-corrected chi connectivity index (χ3v) is 3.28. The zero-order chi connectivity index (χ0) is 16.0. The first-order chi connectivity index (χ1) is 10.8. The van der Waals surface area contributed by atoms with Gasteiger partial charge in [-0.05, 0) is 43.9 Å². The molecule has 0 aromatic heterocycles. The van der Waals surface area contributed by atoms with Gasteiger partial charge in [0, 0.05) is 33.4 Å². The van der Waals surface area contributed by atoms with Gasteiger partial charge in [-0.3, -0.25) is 4.99 Å². The Balaban J connectivity index is 0.00000484. The van der Waals surface area contributed by atoms with E-state index in [9.17, 15) is 0 Å². The number of halogens is 1. The van der Waals surface area contributed by atoms with Crippen LogP contribution >= 0.6 is 24.0 Å². The molecule has 1 aromatic rings. The second-order valence-corrected chi connectivity index (χ2v) is 4.93. The van der Waals surface area contributed by atoms with Gasteiger partial charge in [0.2, 0.25) is 0 Å². The molecule has 23 heavy (non-hydrogen) atoms. The number of nitrogens with zero attached hydrogens (tertiary/aromatic N) is 1.